The van der Waals surface area contributed by atoms with Crippen LogP contribution in [0.3, 0.4) is 0 Å². The number of carbonyl (C=O) groups is 1. The van der Waals surface area contributed by atoms with Crippen molar-refractivity contribution in [3.8, 4) is 0 Å². The van der Waals surface area contributed by atoms with Crippen molar-refractivity contribution in [3.63, 3.8) is 0 Å². The summed E-state index contributed by atoms with van der Waals surface area (Å²) in [5, 5.41) is 17.0. The van der Waals surface area contributed by atoms with E-state index in [-0.39, 0.29) is 18.8 Å². The molecule has 0 amide bonds. The lowest BCUT2D eigenvalue weighted by molar-refractivity contribution is -0.127. The molecule has 0 aromatic rings. The minimum atomic E-state index is -0.878. The highest BCUT2D eigenvalue weighted by Crippen LogP contribution is 1.94. The number of carbonyl (C=O) groups excluding carboxylic acids is 1. The van der Waals surface area contributed by atoms with Crippen LogP contribution < -0.4 is 0 Å². The van der Waals surface area contributed by atoms with Crippen LogP contribution in [-0.2, 0) is 4.79 Å². The number of hydrogen-bond donors (Lipinski definition) is 2. The van der Waals surface area contributed by atoms with Gasteiger partial charge < -0.3 is 10.2 Å². The summed E-state index contributed by atoms with van der Waals surface area (Å²) in [6, 6.07) is 0. The molecule has 9 heavy (non-hydrogen) atoms. The van der Waals surface area contributed by atoms with Crippen molar-refractivity contribution in [1.29, 1.82) is 0 Å². The van der Waals surface area contributed by atoms with Gasteiger partial charge in [-0.05, 0) is 6.42 Å². The fraction of sp³-hybridized carbons (Fsp3) is 0.833. The zero-order chi connectivity index (χ0) is 7.28. The minimum absolute atomic E-state index is 0.0645. The Morgan fingerprint density at radius 2 is 2.22 bits per heavy atom. The molecule has 54 valence electrons. The Hall–Kier alpha value is -0.410. The number of ketones is 1. The maximum absolute atomic E-state index is 10.6. The molecule has 0 bridgehead atoms. The van der Waals surface area contributed by atoms with Gasteiger partial charge in [-0.3, -0.25) is 4.79 Å². The van der Waals surface area contributed by atoms with Crippen LogP contribution in [0.25, 0.3) is 0 Å². The van der Waals surface area contributed by atoms with Crippen LogP contribution in [0.4, 0.5) is 0 Å². The van der Waals surface area contributed by atoms with Gasteiger partial charge in [0, 0.05) is 6.42 Å². The zero-order valence-electron chi connectivity index (χ0n) is 5.50. The van der Waals surface area contributed by atoms with Crippen LogP contribution in [-0.4, -0.2) is 28.7 Å². The molecule has 1 atom stereocenters. The molecule has 0 aliphatic rings. The van der Waals surface area contributed by atoms with Gasteiger partial charge in [-0.2, -0.15) is 0 Å². The van der Waals surface area contributed by atoms with Crippen LogP contribution in [0.5, 0.6) is 0 Å². The molecule has 0 saturated heterocycles. The average Bonchev–Trinajstić information content (AvgIpc) is 1.87. The molecule has 0 aromatic carbocycles. The molecular formula is C6H12O3. The molecule has 0 rings (SSSR count). The van der Waals surface area contributed by atoms with Gasteiger partial charge in [0.1, 0.15) is 6.10 Å². The molecule has 0 spiro atoms. The van der Waals surface area contributed by atoms with E-state index in [0.29, 0.717) is 6.42 Å². The Morgan fingerprint density at radius 3 is 2.56 bits per heavy atom. The third-order valence-corrected chi connectivity index (χ3v) is 1.12. The van der Waals surface area contributed by atoms with E-state index in [1.54, 1.807) is 6.92 Å². The van der Waals surface area contributed by atoms with E-state index in [4.69, 9.17) is 10.2 Å². The Labute approximate surface area is 54.3 Å². The van der Waals surface area contributed by atoms with Crippen molar-refractivity contribution in [2.24, 2.45) is 0 Å². The van der Waals surface area contributed by atoms with E-state index < -0.39 is 6.10 Å². The monoisotopic (exact) mass is 132 g/mol. The molecule has 0 fully saturated rings. The maximum atomic E-state index is 10.6. The summed E-state index contributed by atoms with van der Waals surface area (Å²) in [4.78, 5) is 10.6. The van der Waals surface area contributed by atoms with Crippen LogP contribution in [0, 0.1) is 0 Å². The van der Waals surface area contributed by atoms with Crippen LogP contribution in [0.15, 0.2) is 0 Å². The second-order valence-electron chi connectivity index (χ2n) is 1.86. The van der Waals surface area contributed by atoms with Crippen molar-refractivity contribution in [2.45, 2.75) is 25.9 Å². The van der Waals surface area contributed by atoms with Gasteiger partial charge in [-0.1, -0.05) is 6.92 Å². The standard InChI is InChI=1S/C6H12O3/c1-2-5(8)6(9)3-4-7/h5,7-8H,2-4H2,1H3. The van der Waals surface area contributed by atoms with E-state index in [9.17, 15) is 4.79 Å². The molecule has 0 aliphatic heterocycles. The van der Waals surface area contributed by atoms with E-state index in [2.05, 4.69) is 0 Å². The van der Waals surface area contributed by atoms with Gasteiger partial charge in [-0.25, -0.2) is 0 Å². The molecule has 0 aliphatic carbocycles. The SMILES string of the molecule is CCC(O)C(=O)CCO. The highest BCUT2D eigenvalue weighted by Gasteiger charge is 2.10. The van der Waals surface area contributed by atoms with Crippen LogP contribution in [0.2, 0.25) is 0 Å². The topological polar surface area (TPSA) is 57.5 Å². The highest BCUT2D eigenvalue weighted by molar-refractivity contribution is 5.82. The van der Waals surface area contributed by atoms with Crippen molar-refractivity contribution >= 4 is 5.78 Å². The first-order chi connectivity index (χ1) is 4.22. The van der Waals surface area contributed by atoms with Gasteiger partial charge in [0.15, 0.2) is 5.78 Å². The molecule has 3 heteroatoms. The van der Waals surface area contributed by atoms with E-state index in [1.807, 2.05) is 0 Å². The number of rotatable bonds is 4. The number of aliphatic hydroxyl groups is 2. The summed E-state index contributed by atoms with van der Waals surface area (Å²) in [6.07, 6.45) is -0.384. The van der Waals surface area contributed by atoms with Gasteiger partial charge in [-0.15, -0.1) is 0 Å². The second-order valence-corrected chi connectivity index (χ2v) is 1.86. The summed E-state index contributed by atoms with van der Waals surface area (Å²) in [7, 11) is 0. The first-order valence-electron chi connectivity index (χ1n) is 3.04. The Bertz CT molecular complexity index is 90.3. The third-order valence-electron chi connectivity index (χ3n) is 1.12. The highest BCUT2D eigenvalue weighted by atomic mass is 16.3. The summed E-state index contributed by atoms with van der Waals surface area (Å²) in [5.74, 6) is -0.278. The number of hydrogen-bond acceptors (Lipinski definition) is 3. The lowest BCUT2D eigenvalue weighted by Gasteiger charge is -2.02. The summed E-state index contributed by atoms with van der Waals surface area (Å²) in [6.45, 7) is 1.55. The van der Waals surface area contributed by atoms with E-state index in [1.165, 1.54) is 0 Å². The molecule has 3 nitrogen and oxygen atoms in total. The van der Waals surface area contributed by atoms with E-state index >= 15 is 0 Å². The Morgan fingerprint density at radius 1 is 1.67 bits per heavy atom. The molecular weight excluding hydrogens is 120 g/mol. The van der Waals surface area contributed by atoms with Gasteiger partial charge >= 0.3 is 0 Å². The van der Waals surface area contributed by atoms with Crippen LogP contribution in [0.1, 0.15) is 19.8 Å². The molecule has 0 aromatic heterocycles. The molecule has 1 unspecified atom stereocenters. The fourth-order valence-electron chi connectivity index (χ4n) is 0.504. The molecule has 0 heterocycles. The van der Waals surface area contributed by atoms with Crippen LogP contribution >= 0.6 is 0 Å². The first-order valence-corrected chi connectivity index (χ1v) is 3.04. The van der Waals surface area contributed by atoms with Gasteiger partial charge in [0.25, 0.3) is 0 Å². The lowest BCUT2D eigenvalue weighted by atomic mass is 10.1. The predicted octanol–water partition coefficient (Wildman–Crippen LogP) is -0.291. The average molecular weight is 132 g/mol. The lowest BCUT2D eigenvalue weighted by Crippen LogP contribution is -2.19. The zero-order valence-corrected chi connectivity index (χ0v) is 5.50. The van der Waals surface area contributed by atoms with Crippen molar-refractivity contribution in [2.75, 3.05) is 6.61 Å². The van der Waals surface area contributed by atoms with Gasteiger partial charge in [0.05, 0.1) is 6.61 Å². The fourth-order valence-corrected chi connectivity index (χ4v) is 0.504. The van der Waals surface area contributed by atoms with Crippen molar-refractivity contribution in [1.82, 2.24) is 0 Å². The molecule has 2 N–H and O–H groups in total. The van der Waals surface area contributed by atoms with Crippen molar-refractivity contribution < 1.29 is 15.0 Å². The summed E-state index contributed by atoms with van der Waals surface area (Å²) in [5.41, 5.74) is 0. The van der Waals surface area contributed by atoms with Gasteiger partial charge in [0.2, 0.25) is 0 Å². The summed E-state index contributed by atoms with van der Waals surface area (Å²) < 4.78 is 0. The first kappa shape index (κ1) is 8.59. The number of Topliss-reactive ketones (excluding diaryl/α,β-unsaturated/α-hetero) is 1. The molecule has 0 radical (unpaired) electrons. The quantitative estimate of drug-likeness (QED) is 0.552. The van der Waals surface area contributed by atoms with Crippen molar-refractivity contribution in [3.05, 3.63) is 0 Å². The summed E-state index contributed by atoms with van der Waals surface area (Å²) >= 11 is 0. The minimum Gasteiger partial charge on any atom is -0.396 e. The Balaban J connectivity index is 3.46. The second kappa shape index (κ2) is 4.47. The maximum Gasteiger partial charge on any atom is 0.163 e. The third kappa shape index (κ3) is 3.21. The number of aliphatic hydroxyl groups excluding tert-OH is 2. The normalized spacial score (nSPS) is 13.2. The Kier molecular flexibility index (Phi) is 4.26. The van der Waals surface area contributed by atoms with E-state index in [0.717, 1.165) is 0 Å². The smallest absolute Gasteiger partial charge is 0.163 e. The molecule has 0 saturated carbocycles. The predicted molar refractivity (Wildman–Crippen MR) is 33.0 cm³/mol. The largest absolute Gasteiger partial charge is 0.396 e.